The first-order valence-electron chi connectivity index (χ1n) is 10.3. The van der Waals surface area contributed by atoms with Gasteiger partial charge in [0.1, 0.15) is 14.2 Å². The molecule has 2 rings (SSSR count). The van der Waals surface area contributed by atoms with E-state index in [0.717, 1.165) is 22.8 Å². The maximum Gasteiger partial charge on any atom is 0.339 e. The van der Waals surface area contributed by atoms with Crippen LogP contribution in [0.25, 0.3) is 0 Å². The number of rotatable bonds is 6. The first kappa shape index (κ1) is 23.8. The Bertz CT molecular complexity index is 714. The van der Waals surface area contributed by atoms with Crippen molar-refractivity contribution in [2.45, 2.75) is 88.8 Å². The quantitative estimate of drug-likeness (QED) is 0.168. The van der Waals surface area contributed by atoms with E-state index < -0.39 is 8.07 Å². The van der Waals surface area contributed by atoms with E-state index in [-0.39, 0.29) is 17.3 Å². The van der Waals surface area contributed by atoms with Crippen LogP contribution in [0.1, 0.15) is 71.2 Å². The Morgan fingerprint density at radius 3 is 2.29 bits per heavy atom. The first-order valence-corrected chi connectivity index (χ1v) is 14.5. The van der Waals surface area contributed by atoms with E-state index in [9.17, 15) is 4.79 Å². The van der Waals surface area contributed by atoms with Crippen LogP contribution in [0.3, 0.4) is 0 Å². The van der Waals surface area contributed by atoms with Crippen LogP contribution in [0.4, 0.5) is 0 Å². The lowest BCUT2D eigenvalue weighted by Gasteiger charge is -2.38. The number of halogens is 1. The van der Waals surface area contributed by atoms with Crippen molar-refractivity contribution in [2.75, 3.05) is 0 Å². The molecule has 1 aliphatic rings. The minimum absolute atomic E-state index is 0.0315. The molecule has 154 valence electrons. The SMILES string of the molecule is CC(C)[Si](C#CS[C@@H]1CCC[C@H]1OC(=O)c1ccccc1I)(C(C)C)C(C)C. The summed E-state index contributed by atoms with van der Waals surface area (Å²) in [7, 11) is -1.70. The molecule has 1 fully saturated rings. The van der Waals surface area contributed by atoms with Gasteiger partial charge in [0.15, 0.2) is 0 Å². The lowest BCUT2D eigenvalue weighted by atomic mass is 10.2. The zero-order valence-electron chi connectivity index (χ0n) is 17.9. The number of carbonyl (C=O) groups excluding carboxylic acids is 1. The number of esters is 1. The van der Waals surface area contributed by atoms with Crippen LogP contribution in [0.2, 0.25) is 16.6 Å². The van der Waals surface area contributed by atoms with E-state index in [1.54, 1.807) is 11.8 Å². The molecule has 0 bridgehead atoms. The van der Waals surface area contributed by atoms with Crippen LogP contribution in [-0.4, -0.2) is 25.4 Å². The molecule has 1 saturated carbocycles. The Hall–Kier alpha value is -0.453. The van der Waals surface area contributed by atoms with Crippen LogP contribution in [-0.2, 0) is 4.74 Å². The van der Waals surface area contributed by atoms with E-state index in [0.29, 0.717) is 22.2 Å². The lowest BCUT2D eigenvalue weighted by Crippen LogP contribution is -2.43. The summed E-state index contributed by atoms with van der Waals surface area (Å²) in [5.74, 6) is -0.203. The molecule has 1 aromatic rings. The Morgan fingerprint density at radius 1 is 1.11 bits per heavy atom. The number of thioether (sulfide) groups is 1. The summed E-state index contributed by atoms with van der Waals surface area (Å²) < 4.78 is 6.83. The molecule has 2 atom stereocenters. The maximum absolute atomic E-state index is 12.6. The molecule has 5 heteroatoms. The minimum atomic E-state index is -1.70. The molecule has 0 spiro atoms. The van der Waals surface area contributed by atoms with Gasteiger partial charge in [0.2, 0.25) is 0 Å². The highest BCUT2D eigenvalue weighted by Gasteiger charge is 2.42. The third-order valence-electron chi connectivity index (χ3n) is 6.09. The van der Waals surface area contributed by atoms with Crippen molar-refractivity contribution in [3.8, 4) is 10.8 Å². The monoisotopic (exact) mass is 528 g/mol. The van der Waals surface area contributed by atoms with Crippen LogP contribution >= 0.6 is 34.4 Å². The summed E-state index contributed by atoms with van der Waals surface area (Å²) in [6.07, 6.45) is 3.08. The number of carbonyl (C=O) groups is 1. The molecule has 1 aromatic carbocycles. The Morgan fingerprint density at radius 2 is 1.71 bits per heavy atom. The molecule has 2 nitrogen and oxygen atoms in total. The second-order valence-corrected chi connectivity index (χ2v) is 16.4. The van der Waals surface area contributed by atoms with Gasteiger partial charge < -0.3 is 4.74 Å². The van der Waals surface area contributed by atoms with Gasteiger partial charge in [-0.25, -0.2) is 4.79 Å². The summed E-state index contributed by atoms with van der Waals surface area (Å²) in [4.78, 5) is 12.6. The van der Waals surface area contributed by atoms with Crippen molar-refractivity contribution in [2.24, 2.45) is 0 Å². The molecule has 0 N–H and O–H groups in total. The molecule has 0 saturated heterocycles. The second kappa shape index (κ2) is 10.5. The van der Waals surface area contributed by atoms with Crippen LogP contribution < -0.4 is 0 Å². The molecular weight excluding hydrogens is 495 g/mol. The van der Waals surface area contributed by atoms with Gasteiger partial charge in [0.25, 0.3) is 0 Å². The van der Waals surface area contributed by atoms with Crippen LogP contribution in [0, 0.1) is 14.4 Å². The van der Waals surface area contributed by atoms with Crippen molar-refractivity contribution < 1.29 is 9.53 Å². The molecular formula is C23H33IO2SSi. The van der Waals surface area contributed by atoms with Gasteiger partial charge in [-0.1, -0.05) is 65.4 Å². The van der Waals surface area contributed by atoms with Crippen LogP contribution in [0.15, 0.2) is 24.3 Å². The average Bonchev–Trinajstić information content (AvgIpc) is 3.05. The standard InChI is InChI=1S/C23H33IO2SSi/c1-16(2)28(17(3)4,18(5)6)15-14-27-22-13-9-12-21(22)26-23(25)19-10-7-8-11-20(19)24/h7-8,10-11,16-18,21-22H,9,12-13H2,1-6H3/t21-,22-/m1/s1. The van der Waals surface area contributed by atoms with Crippen molar-refractivity contribution in [3.05, 3.63) is 33.4 Å². The van der Waals surface area contributed by atoms with E-state index in [1.165, 1.54) is 0 Å². The van der Waals surface area contributed by atoms with Gasteiger partial charge in [0, 0.05) is 3.57 Å². The van der Waals surface area contributed by atoms with Crippen molar-refractivity contribution in [1.82, 2.24) is 0 Å². The molecule has 0 heterocycles. The molecule has 28 heavy (non-hydrogen) atoms. The average molecular weight is 529 g/mol. The number of benzene rings is 1. The van der Waals surface area contributed by atoms with Gasteiger partial charge in [-0.05, 0) is 75.9 Å². The zero-order valence-corrected chi connectivity index (χ0v) is 21.9. The van der Waals surface area contributed by atoms with Gasteiger partial charge >= 0.3 is 5.97 Å². The summed E-state index contributed by atoms with van der Waals surface area (Å²) in [5.41, 5.74) is 6.36. The summed E-state index contributed by atoms with van der Waals surface area (Å²) in [6.45, 7) is 14.0. The van der Waals surface area contributed by atoms with E-state index in [2.05, 4.69) is 74.9 Å². The largest absolute Gasteiger partial charge is 0.458 e. The van der Waals surface area contributed by atoms with Gasteiger partial charge in [-0.3, -0.25) is 0 Å². The second-order valence-electron chi connectivity index (χ2n) is 8.63. The van der Waals surface area contributed by atoms with Gasteiger partial charge in [-0.15, -0.1) is 5.54 Å². The number of ether oxygens (including phenoxy) is 1. The van der Waals surface area contributed by atoms with E-state index in [1.807, 2.05) is 24.3 Å². The van der Waals surface area contributed by atoms with E-state index >= 15 is 0 Å². The van der Waals surface area contributed by atoms with Crippen molar-refractivity contribution in [3.63, 3.8) is 0 Å². The zero-order chi connectivity index (χ0) is 20.9. The molecule has 0 amide bonds. The Kier molecular flexibility index (Phi) is 8.97. The van der Waals surface area contributed by atoms with Crippen molar-refractivity contribution >= 4 is 48.4 Å². The third-order valence-corrected chi connectivity index (χ3v) is 14.6. The first-order chi connectivity index (χ1) is 13.2. The van der Waals surface area contributed by atoms with Crippen molar-refractivity contribution in [1.29, 1.82) is 0 Å². The normalized spacial score (nSPS) is 19.8. The maximum atomic E-state index is 12.6. The molecule has 0 aliphatic heterocycles. The lowest BCUT2D eigenvalue weighted by molar-refractivity contribution is 0.0327. The van der Waals surface area contributed by atoms with Crippen LogP contribution in [0.5, 0.6) is 0 Å². The molecule has 0 radical (unpaired) electrons. The molecule has 1 aliphatic carbocycles. The van der Waals surface area contributed by atoms with E-state index in [4.69, 9.17) is 4.74 Å². The summed E-state index contributed by atoms with van der Waals surface area (Å²) in [6, 6.07) is 7.61. The third kappa shape index (κ3) is 5.37. The molecule has 0 aromatic heterocycles. The summed E-state index contributed by atoms with van der Waals surface area (Å²) in [5, 5.41) is 3.79. The minimum Gasteiger partial charge on any atom is -0.458 e. The predicted molar refractivity (Wildman–Crippen MR) is 132 cm³/mol. The fourth-order valence-electron chi connectivity index (χ4n) is 4.62. The predicted octanol–water partition coefficient (Wildman–Crippen LogP) is 7.28. The van der Waals surface area contributed by atoms with Gasteiger partial charge in [-0.2, -0.15) is 0 Å². The fraction of sp³-hybridized carbons (Fsp3) is 0.609. The number of hydrogen-bond acceptors (Lipinski definition) is 3. The fourth-order valence-corrected chi connectivity index (χ4v) is 11.8. The Labute approximate surface area is 190 Å². The van der Waals surface area contributed by atoms with Gasteiger partial charge in [0.05, 0.1) is 10.8 Å². The topological polar surface area (TPSA) is 26.3 Å². The molecule has 0 unspecified atom stereocenters. The highest BCUT2D eigenvalue weighted by atomic mass is 127. The Balaban J connectivity index is 2.09. The number of hydrogen-bond donors (Lipinski definition) is 0. The summed E-state index contributed by atoms with van der Waals surface area (Å²) >= 11 is 3.90. The smallest absolute Gasteiger partial charge is 0.339 e. The highest BCUT2D eigenvalue weighted by molar-refractivity contribution is 14.1. The highest BCUT2D eigenvalue weighted by Crippen LogP contribution is 2.41.